The van der Waals surface area contributed by atoms with E-state index >= 15 is 0 Å². The van der Waals surface area contributed by atoms with Crippen molar-refractivity contribution < 1.29 is 17.9 Å². The van der Waals surface area contributed by atoms with Gasteiger partial charge in [0.2, 0.25) is 0 Å². The van der Waals surface area contributed by atoms with Crippen LogP contribution in [0.2, 0.25) is 0 Å². The van der Waals surface area contributed by atoms with Gasteiger partial charge in [-0.1, -0.05) is 0 Å². The Morgan fingerprint density at radius 3 is 2.86 bits per heavy atom. The van der Waals surface area contributed by atoms with Crippen LogP contribution in [0.25, 0.3) is 10.9 Å². The molecule has 0 saturated carbocycles. The molecular formula is C16H19F3N2O. The second-order valence-corrected chi connectivity index (χ2v) is 5.91. The van der Waals surface area contributed by atoms with Crippen LogP contribution in [-0.2, 0) is 6.42 Å². The fourth-order valence-corrected chi connectivity index (χ4v) is 3.07. The minimum Gasteiger partial charge on any atom is -0.484 e. The van der Waals surface area contributed by atoms with E-state index in [0.717, 1.165) is 35.9 Å². The molecule has 0 bridgehead atoms. The van der Waals surface area contributed by atoms with Gasteiger partial charge >= 0.3 is 6.18 Å². The molecule has 2 aromatic rings. The molecule has 1 atom stereocenters. The van der Waals surface area contributed by atoms with Crippen LogP contribution in [0, 0.1) is 0 Å². The molecule has 1 aromatic heterocycles. The highest BCUT2D eigenvalue weighted by molar-refractivity contribution is 5.84. The summed E-state index contributed by atoms with van der Waals surface area (Å²) < 4.78 is 41.6. The van der Waals surface area contributed by atoms with E-state index in [2.05, 4.69) is 16.9 Å². The van der Waals surface area contributed by atoms with Gasteiger partial charge in [0, 0.05) is 23.1 Å². The van der Waals surface area contributed by atoms with Crippen molar-refractivity contribution >= 4 is 10.9 Å². The maximum atomic E-state index is 12.3. The van der Waals surface area contributed by atoms with Gasteiger partial charge in [-0.2, -0.15) is 13.2 Å². The van der Waals surface area contributed by atoms with E-state index < -0.39 is 12.8 Å². The predicted octanol–water partition coefficient (Wildman–Crippen LogP) is 3.75. The van der Waals surface area contributed by atoms with Crippen LogP contribution in [0.3, 0.4) is 0 Å². The molecule has 1 aliphatic heterocycles. The zero-order chi connectivity index (χ0) is 15.7. The largest absolute Gasteiger partial charge is 0.484 e. The molecule has 0 spiro atoms. The lowest BCUT2D eigenvalue weighted by atomic mass is 10.0. The lowest BCUT2D eigenvalue weighted by molar-refractivity contribution is -0.153. The Balaban J connectivity index is 1.79. The van der Waals surface area contributed by atoms with Gasteiger partial charge in [-0.15, -0.1) is 0 Å². The molecule has 22 heavy (non-hydrogen) atoms. The average Bonchev–Trinajstić information content (AvgIpc) is 3.04. The smallest absolute Gasteiger partial charge is 0.422 e. The standard InChI is InChI=1S/C16H19F3N2O/c1-21-6-2-3-12(21)7-11-9-20-15-5-4-13(8-14(11)15)22-10-16(17,18)19/h4-5,8-9,12,20H,2-3,6-7,10H2,1H3. The highest BCUT2D eigenvalue weighted by Gasteiger charge is 2.28. The van der Waals surface area contributed by atoms with Gasteiger partial charge in [-0.05, 0) is 56.6 Å². The van der Waals surface area contributed by atoms with Gasteiger partial charge < -0.3 is 14.6 Å². The lowest BCUT2D eigenvalue weighted by Crippen LogP contribution is -2.26. The molecule has 120 valence electrons. The summed E-state index contributed by atoms with van der Waals surface area (Å²) in [5.41, 5.74) is 2.06. The molecule has 1 N–H and O–H groups in total. The summed E-state index contributed by atoms with van der Waals surface area (Å²) in [6, 6.07) is 5.53. The van der Waals surface area contributed by atoms with Gasteiger partial charge in [-0.25, -0.2) is 0 Å². The van der Waals surface area contributed by atoms with Crippen LogP contribution in [-0.4, -0.2) is 42.3 Å². The van der Waals surface area contributed by atoms with Crippen molar-refractivity contribution in [3.05, 3.63) is 30.0 Å². The van der Waals surface area contributed by atoms with Crippen LogP contribution in [0.15, 0.2) is 24.4 Å². The summed E-state index contributed by atoms with van der Waals surface area (Å²) in [4.78, 5) is 5.52. The third kappa shape index (κ3) is 3.38. The van der Waals surface area contributed by atoms with Gasteiger partial charge in [0.15, 0.2) is 6.61 Å². The summed E-state index contributed by atoms with van der Waals surface area (Å²) in [6.45, 7) is -0.156. The first-order valence-corrected chi connectivity index (χ1v) is 7.42. The number of nitrogens with zero attached hydrogens (tertiary/aromatic N) is 1. The van der Waals surface area contributed by atoms with Crippen LogP contribution >= 0.6 is 0 Å². The van der Waals surface area contributed by atoms with Crippen LogP contribution in [0.4, 0.5) is 13.2 Å². The number of aromatic amines is 1. The van der Waals surface area contributed by atoms with Gasteiger partial charge in [0.1, 0.15) is 5.75 Å². The Labute approximate surface area is 127 Å². The van der Waals surface area contributed by atoms with Crippen molar-refractivity contribution in [1.29, 1.82) is 0 Å². The first-order valence-electron chi connectivity index (χ1n) is 7.42. The number of ether oxygens (including phenoxy) is 1. The SMILES string of the molecule is CN1CCCC1Cc1c[nH]c2ccc(OCC(F)(F)F)cc12. The number of likely N-dealkylation sites (N-methyl/N-ethyl adjacent to an activating group) is 1. The first-order chi connectivity index (χ1) is 10.4. The minimum absolute atomic E-state index is 0.255. The third-order valence-electron chi connectivity index (χ3n) is 4.27. The number of aromatic nitrogens is 1. The van der Waals surface area contributed by atoms with E-state index in [-0.39, 0.29) is 5.75 Å². The van der Waals surface area contributed by atoms with Gasteiger partial charge in [0.05, 0.1) is 0 Å². The van der Waals surface area contributed by atoms with E-state index in [4.69, 9.17) is 4.74 Å². The number of H-pyrrole nitrogens is 1. The molecule has 1 saturated heterocycles. The highest BCUT2D eigenvalue weighted by atomic mass is 19.4. The lowest BCUT2D eigenvalue weighted by Gasteiger charge is -2.18. The van der Waals surface area contributed by atoms with E-state index in [9.17, 15) is 13.2 Å². The Morgan fingerprint density at radius 2 is 2.18 bits per heavy atom. The second kappa shape index (κ2) is 5.83. The number of hydrogen-bond donors (Lipinski definition) is 1. The summed E-state index contributed by atoms with van der Waals surface area (Å²) in [5.74, 6) is 0.255. The number of halogens is 3. The molecule has 1 aromatic carbocycles. The summed E-state index contributed by atoms with van der Waals surface area (Å²) in [7, 11) is 2.12. The second-order valence-electron chi connectivity index (χ2n) is 5.91. The zero-order valence-corrected chi connectivity index (χ0v) is 12.4. The van der Waals surface area contributed by atoms with Crippen LogP contribution in [0.5, 0.6) is 5.75 Å². The van der Waals surface area contributed by atoms with Crippen molar-refractivity contribution in [2.24, 2.45) is 0 Å². The van der Waals surface area contributed by atoms with E-state index in [0.29, 0.717) is 6.04 Å². The molecular weight excluding hydrogens is 293 g/mol. The minimum atomic E-state index is -4.32. The molecule has 1 aliphatic rings. The average molecular weight is 312 g/mol. The Hall–Kier alpha value is -1.69. The fourth-order valence-electron chi connectivity index (χ4n) is 3.07. The maximum Gasteiger partial charge on any atom is 0.422 e. The van der Waals surface area contributed by atoms with E-state index in [1.165, 1.54) is 6.42 Å². The number of hydrogen-bond acceptors (Lipinski definition) is 2. The predicted molar refractivity (Wildman–Crippen MR) is 79.2 cm³/mol. The normalized spacial score (nSPS) is 19.9. The summed E-state index contributed by atoms with van der Waals surface area (Å²) in [5, 5.41) is 0.944. The van der Waals surface area contributed by atoms with E-state index in [1.807, 2.05) is 6.20 Å². The number of benzene rings is 1. The molecule has 3 rings (SSSR count). The van der Waals surface area contributed by atoms with E-state index in [1.54, 1.807) is 18.2 Å². The monoisotopic (exact) mass is 312 g/mol. The van der Waals surface area contributed by atoms with Crippen molar-refractivity contribution in [3.63, 3.8) is 0 Å². The Kier molecular flexibility index (Phi) is 4.04. The molecule has 6 heteroatoms. The zero-order valence-electron chi connectivity index (χ0n) is 12.4. The number of fused-ring (bicyclic) bond motifs is 1. The fraction of sp³-hybridized carbons (Fsp3) is 0.500. The van der Waals surface area contributed by atoms with Crippen molar-refractivity contribution in [2.45, 2.75) is 31.5 Å². The van der Waals surface area contributed by atoms with Gasteiger partial charge in [-0.3, -0.25) is 0 Å². The highest BCUT2D eigenvalue weighted by Crippen LogP contribution is 2.28. The number of nitrogens with one attached hydrogen (secondary N) is 1. The maximum absolute atomic E-state index is 12.3. The van der Waals surface area contributed by atoms with Crippen LogP contribution < -0.4 is 4.74 Å². The molecule has 0 amide bonds. The molecule has 2 heterocycles. The van der Waals surface area contributed by atoms with Crippen molar-refractivity contribution in [2.75, 3.05) is 20.2 Å². The van der Waals surface area contributed by atoms with Crippen LogP contribution in [0.1, 0.15) is 18.4 Å². The van der Waals surface area contributed by atoms with Crippen molar-refractivity contribution in [1.82, 2.24) is 9.88 Å². The Morgan fingerprint density at radius 1 is 1.36 bits per heavy atom. The summed E-state index contributed by atoms with van der Waals surface area (Å²) in [6.07, 6.45) is 0.892. The molecule has 0 aliphatic carbocycles. The first kappa shape index (κ1) is 15.2. The number of likely N-dealkylation sites (tertiary alicyclic amines) is 1. The molecule has 0 radical (unpaired) electrons. The van der Waals surface area contributed by atoms with Gasteiger partial charge in [0.25, 0.3) is 0 Å². The molecule has 3 nitrogen and oxygen atoms in total. The number of alkyl halides is 3. The number of rotatable bonds is 4. The quantitative estimate of drug-likeness (QED) is 0.931. The van der Waals surface area contributed by atoms with Crippen molar-refractivity contribution in [3.8, 4) is 5.75 Å². The molecule has 1 fully saturated rings. The molecule has 1 unspecified atom stereocenters. The third-order valence-corrected chi connectivity index (χ3v) is 4.27. The topological polar surface area (TPSA) is 28.3 Å². The Bertz CT molecular complexity index is 650. The summed E-state index contributed by atoms with van der Waals surface area (Å²) >= 11 is 0.